The lowest BCUT2D eigenvalue weighted by molar-refractivity contribution is -0.131. The number of hydrogen-bond donors (Lipinski definition) is 1. The van der Waals surface area contributed by atoms with Gasteiger partial charge in [0.25, 0.3) is 0 Å². The van der Waals surface area contributed by atoms with Crippen LogP contribution in [0.1, 0.15) is 12.5 Å². The van der Waals surface area contributed by atoms with Crippen LogP contribution in [0.15, 0.2) is 36.4 Å². The van der Waals surface area contributed by atoms with Crippen LogP contribution < -0.4 is 0 Å². The second-order valence-corrected chi connectivity index (χ2v) is 3.61. The van der Waals surface area contributed by atoms with Crippen LogP contribution in [-0.2, 0) is 4.79 Å². The molecule has 0 bridgehead atoms. The van der Waals surface area contributed by atoms with Gasteiger partial charge in [0.05, 0.1) is 0 Å². The zero-order chi connectivity index (χ0) is 12.1. The molecule has 1 N–H and O–H groups in total. The SMILES string of the molecule is C/C(=C\C=C\C(=O)O)c1cc(Cl)ccc1F. The van der Waals surface area contributed by atoms with Crippen molar-refractivity contribution in [3.8, 4) is 0 Å². The molecular formula is C12H10ClFO2. The Morgan fingerprint density at radius 3 is 2.81 bits per heavy atom. The van der Waals surface area contributed by atoms with Crippen molar-refractivity contribution in [2.75, 3.05) is 0 Å². The summed E-state index contributed by atoms with van der Waals surface area (Å²) in [5, 5.41) is 8.82. The summed E-state index contributed by atoms with van der Waals surface area (Å²) in [6, 6.07) is 4.23. The van der Waals surface area contributed by atoms with E-state index in [1.807, 2.05) is 0 Å². The fourth-order valence-electron chi connectivity index (χ4n) is 1.16. The highest BCUT2D eigenvalue weighted by Crippen LogP contribution is 2.21. The molecule has 0 aliphatic carbocycles. The Balaban J connectivity index is 2.99. The fourth-order valence-corrected chi connectivity index (χ4v) is 1.34. The monoisotopic (exact) mass is 240 g/mol. The van der Waals surface area contributed by atoms with Crippen LogP contribution in [0, 0.1) is 5.82 Å². The molecule has 0 spiro atoms. The first-order chi connectivity index (χ1) is 7.50. The van der Waals surface area contributed by atoms with E-state index in [2.05, 4.69) is 0 Å². The number of allylic oxidation sites excluding steroid dienone is 3. The van der Waals surface area contributed by atoms with Crippen LogP contribution in [0.25, 0.3) is 5.57 Å². The molecule has 1 rings (SSSR count). The van der Waals surface area contributed by atoms with E-state index in [1.165, 1.54) is 30.4 Å². The Labute approximate surface area is 97.7 Å². The second-order valence-electron chi connectivity index (χ2n) is 3.17. The van der Waals surface area contributed by atoms with Gasteiger partial charge in [0, 0.05) is 16.7 Å². The Bertz CT molecular complexity index is 464. The van der Waals surface area contributed by atoms with Crippen LogP contribution in [0.4, 0.5) is 4.39 Å². The molecule has 0 aliphatic heterocycles. The number of halogens is 2. The minimum Gasteiger partial charge on any atom is -0.478 e. The summed E-state index contributed by atoms with van der Waals surface area (Å²) in [6.07, 6.45) is 3.84. The molecule has 4 heteroatoms. The van der Waals surface area contributed by atoms with Crippen molar-refractivity contribution in [1.82, 2.24) is 0 Å². The van der Waals surface area contributed by atoms with E-state index in [0.29, 0.717) is 16.2 Å². The zero-order valence-electron chi connectivity index (χ0n) is 8.58. The molecular weight excluding hydrogens is 231 g/mol. The first kappa shape index (κ1) is 12.5. The highest BCUT2D eigenvalue weighted by atomic mass is 35.5. The molecule has 0 aliphatic rings. The van der Waals surface area contributed by atoms with E-state index in [9.17, 15) is 9.18 Å². The summed E-state index contributed by atoms with van der Waals surface area (Å²) >= 11 is 5.74. The van der Waals surface area contributed by atoms with Crippen molar-refractivity contribution in [3.63, 3.8) is 0 Å². The van der Waals surface area contributed by atoms with Crippen LogP contribution in [-0.4, -0.2) is 11.1 Å². The minimum atomic E-state index is -1.05. The van der Waals surface area contributed by atoms with Crippen molar-refractivity contribution in [3.05, 3.63) is 52.8 Å². The van der Waals surface area contributed by atoms with Gasteiger partial charge >= 0.3 is 5.97 Å². The molecule has 0 radical (unpaired) electrons. The molecule has 1 aromatic carbocycles. The standard InChI is InChI=1S/C12H10ClFO2/c1-8(3-2-4-12(15)16)10-7-9(13)5-6-11(10)14/h2-7H,1H3,(H,15,16)/b4-2+,8-3+. The number of rotatable bonds is 3. The van der Waals surface area contributed by atoms with Crippen LogP contribution >= 0.6 is 11.6 Å². The van der Waals surface area contributed by atoms with Gasteiger partial charge < -0.3 is 5.11 Å². The predicted octanol–water partition coefficient (Wildman–Crippen LogP) is 3.52. The normalized spacial score (nSPS) is 12.1. The van der Waals surface area contributed by atoms with Gasteiger partial charge in [-0.15, -0.1) is 0 Å². The number of benzene rings is 1. The largest absolute Gasteiger partial charge is 0.478 e. The van der Waals surface area contributed by atoms with E-state index in [4.69, 9.17) is 16.7 Å². The molecule has 0 saturated carbocycles. The van der Waals surface area contributed by atoms with Crippen molar-refractivity contribution in [1.29, 1.82) is 0 Å². The minimum absolute atomic E-state index is 0.363. The van der Waals surface area contributed by atoms with E-state index in [1.54, 1.807) is 6.92 Å². The van der Waals surface area contributed by atoms with Crippen LogP contribution in [0.5, 0.6) is 0 Å². The van der Waals surface area contributed by atoms with E-state index < -0.39 is 5.97 Å². The van der Waals surface area contributed by atoms with Gasteiger partial charge in [-0.05, 0) is 30.7 Å². The number of carbonyl (C=O) groups is 1. The quantitative estimate of drug-likeness (QED) is 0.648. The molecule has 0 aromatic heterocycles. The molecule has 0 fully saturated rings. The zero-order valence-corrected chi connectivity index (χ0v) is 9.33. The van der Waals surface area contributed by atoms with Crippen LogP contribution in [0.3, 0.4) is 0 Å². The number of aliphatic carboxylic acids is 1. The lowest BCUT2D eigenvalue weighted by Crippen LogP contribution is -1.87. The van der Waals surface area contributed by atoms with Crippen molar-refractivity contribution in [2.45, 2.75) is 6.92 Å². The summed E-state index contributed by atoms with van der Waals surface area (Å²) in [6.45, 7) is 1.68. The molecule has 84 valence electrons. The smallest absolute Gasteiger partial charge is 0.328 e. The summed E-state index contributed by atoms with van der Waals surface area (Å²) in [5.74, 6) is -1.43. The van der Waals surface area contributed by atoms with Crippen molar-refractivity contribution in [2.24, 2.45) is 0 Å². The van der Waals surface area contributed by atoms with Gasteiger partial charge in [0.15, 0.2) is 0 Å². The number of hydrogen-bond acceptors (Lipinski definition) is 1. The third-order valence-electron chi connectivity index (χ3n) is 1.94. The van der Waals surface area contributed by atoms with Gasteiger partial charge in [-0.25, -0.2) is 9.18 Å². The maximum Gasteiger partial charge on any atom is 0.328 e. The maximum absolute atomic E-state index is 13.4. The van der Waals surface area contributed by atoms with Gasteiger partial charge in [-0.1, -0.05) is 23.8 Å². The Kier molecular flexibility index (Phi) is 4.26. The summed E-state index contributed by atoms with van der Waals surface area (Å²) in [4.78, 5) is 10.2. The highest BCUT2D eigenvalue weighted by Gasteiger charge is 2.03. The lowest BCUT2D eigenvalue weighted by Gasteiger charge is -2.02. The Hall–Kier alpha value is -1.61. The second kappa shape index (κ2) is 5.47. The third kappa shape index (κ3) is 3.51. The summed E-state index contributed by atoms with van der Waals surface area (Å²) < 4.78 is 13.4. The summed E-state index contributed by atoms with van der Waals surface area (Å²) in [7, 11) is 0. The van der Waals surface area contributed by atoms with Gasteiger partial charge in [0.1, 0.15) is 5.82 Å². The molecule has 0 heterocycles. The first-order valence-corrected chi connectivity index (χ1v) is 4.92. The highest BCUT2D eigenvalue weighted by molar-refractivity contribution is 6.30. The Morgan fingerprint density at radius 1 is 1.50 bits per heavy atom. The van der Waals surface area contributed by atoms with Crippen molar-refractivity contribution < 1.29 is 14.3 Å². The maximum atomic E-state index is 13.4. The van der Waals surface area contributed by atoms with Crippen molar-refractivity contribution >= 4 is 23.1 Å². The molecule has 0 amide bonds. The van der Waals surface area contributed by atoms with Gasteiger partial charge in [-0.3, -0.25) is 0 Å². The topological polar surface area (TPSA) is 37.3 Å². The van der Waals surface area contributed by atoms with Gasteiger partial charge in [0.2, 0.25) is 0 Å². The fraction of sp³-hybridized carbons (Fsp3) is 0.0833. The molecule has 0 saturated heterocycles. The lowest BCUT2D eigenvalue weighted by atomic mass is 10.1. The first-order valence-electron chi connectivity index (χ1n) is 4.54. The van der Waals surface area contributed by atoms with Crippen LogP contribution in [0.2, 0.25) is 5.02 Å². The number of carboxylic acids is 1. The summed E-state index contributed by atoms with van der Waals surface area (Å²) in [5.41, 5.74) is 0.972. The molecule has 0 unspecified atom stereocenters. The molecule has 2 nitrogen and oxygen atoms in total. The Morgan fingerprint density at radius 2 is 2.19 bits per heavy atom. The van der Waals surface area contributed by atoms with E-state index in [0.717, 1.165) is 6.08 Å². The third-order valence-corrected chi connectivity index (χ3v) is 2.17. The molecule has 16 heavy (non-hydrogen) atoms. The molecule has 1 aromatic rings. The predicted molar refractivity (Wildman–Crippen MR) is 61.8 cm³/mol. The average Bonchev–Trinajstić information content (AvgIpc) is 2.21. The van der Waals surface area contributed by atoms with E-state index in [-0.39, 0.29) is 5.82 Å². The average molecular weight is 241 g/mol. The van der Waals surface area contributed by atoms with E-state index >= 15 is 0 Å². The van der Waals surface area contributed by atoms with Gasteiger partial charge in [-0.2, -0.15) is 0 Å². The number of carboxylic acid groups (broad SMARTS) is 1. The molecule has 0 atom stereocenters.